The second-order valence-electron chi connectivity index (χ2n) is 5.32. The molecule has 5 nitrogen and oxygen atoms in total. The number of carbonyl (C=O) groups excluding carboxylic acids is 1. The largest absolute Gasteiger partial charge is 0.481 e. The van der Waals surface area contributed by atoms with Gasteiger partial charge in [0, 0.05) is 12.5 Å². The lowest BCUT2D eigenvalue weighted by Crippen LogP contribution is -2.40. The van der Waals surface area contributed by atoms with Crippen LogP contribution < -0.4 is 0 Å². The molecule has 0 bridgehead atoms. The molecule has 0 aromatic carbocycles. The Morgan fingerprint density at radius 1 is 1.45 bits per heavy atom. The zero-order valence-electron chi connectivity index (χ0n) is 10.8. The minimum atomic E-state index is -0.860. The maximum atomic E-state index is 12.3. The summed E-state index contributed by atoms with van der Waals surface area (Å²) in [6.45, 7) is 0. The lowest BCUT2D eigenvalue weighted by Gasteiger charge is -2.32. The lowest BCUT2D eigenvalue weighted by atomic mass is 9.95. The van der Waals surface area contributed by atoms with Crippen LogP contribution in [-0.4, -0.2) is 32.9 Å². The van der Waals surface area contributed by atoms with Gasteiger partial charge in [-0.2, -0.15) is 0 Å². The van der Waals surface area contributed by atoms with Gasteiger partial charge in [-0.15, -0.1) is 11.3 Å². The molecule has 108 valence electrons. The quantitative estimate of drug-likeness (QED) is 0.931. The third kappa shape index (κ3) is 2.54. The number of rotatable bonds is 3. The number of carboxylic acid groups (broad SMARTS) is 1. The first-order valence-corrected chi connectivity index (χ1v) is 7.92. The lowest BCUT2D eigenvalue weighted by molar-refractivity contribution is -0.146. The molecule has 1 aromatic rings. The highest BCUT2D eigenvalue weighted by atomic mass is 35.5. The Bertz CT molecular complexity index is 543. The van der Waals surface area contributed by atoms with Gasteiger partial charge >= 0.3 is 5.97 Å². The number of nitrogens with zero attached hydrogens (tertiary/aromatic N) is 2. The highest BCUT2D eigenvalue weighted by Gasteiger charge is 2.46. The molecule has 1 N–H and O–H groups in total. The number of hydrogen-bond acceptors (Lipinski definition) is 4. The van der Waals surface area contributed by atoms with E-state index in [1.807, 2.05) is 0 Å². The minimum absolute atomic E-state index is 0.0487. The molecule has 0 spiro atoms. The van der Waals surface area contributed by atoms with Crippen LogP contribution in [0.15, 0.2) is 6.20 Å². The number of thiazole rings is 1. The smallest absolute Gasteiger partial charge is 0.309 e. The fraction of sp³-hybridized carbons (Fsp3) is 0.615. The van der Waals surface area contributed by atoms with E-state index in [0.717, 1.165) is 12.8 Å². The van der Waals surface area contributed by atoms with Crippen molar-refractivity contribution >= 4 is 34.8 Å². The summed E-state index contributed by atoms with van der Waals surface area (Å²) >= 11 is 7.20. The molecule has 0 radical (unpaired) electrons. The summed E-state index contributed by atoms with van der Waals surface area (Å²) in [7, 11) is 0. The van der Waals surface area contributed by atoms with E-state index in [9.17, 15) is 14.7 Å². The van der Waals surface area contributed by atoms with Crippen LogP contribution in [0.2, 0.25) is 4.34 Å². The predicted octanol–water partition coefficient (Wildman–Crippen LogP) is 2.71. The summed E-state index contributed by atoms with van der Waals surface area (Å²) in [5.74, 6) is -1.40. The van der Waals surface area contributed by atoms with Gasteiger partial charge in [0.25, 0.3) is 0 Å². The number of likely N-dealkylation sites (tertiary alicyclic amines) is 1. The van der Waals surface area contributed by atoms with E-state index in [0.29, 0.717) is 28.6 Å². The van der Waals surface area contributed by atoms with E-state index in [1.54, 1.807) is 4.90 Å². The molecule has 1 aliphatic heterocycles. The van der Waals surface area contributed by atoms with Gasteiger partial charge in [0.05, 0.1) is 18.2 Å². The maximum absolute atomic E-state index is 12.3. The minimum Gasteiger partial charge on any atom is -0.481 e. The molecule has 20 heavy (non-hydrogen) atoms. The number of carboxylic acids is 1. The number of aromatic nitrogens is 1. The number of amides is 1. The number of hydrogen-bond donors (Lipinski definition) is 1. The Balaban J connectivity index is 2.02. The molecular formula is C13H15ClN2O3S. The number of carbonyl (C=O) groups is 2. The zero-order chi connectivity index (χ0) is 14.3. The van der Waals surface area contributed by atoms with Crippen LogP contribution in [0, 0.1) is 5.92 Å². The molecule has 3 rings (SSSR count). The van der Waals surface area contributed by atoms with Gasteiger partial charge < -0.3 is 10.0 Å². The Labute approximate surface area is 125 Å². The Morgan fingerprint density at radius 2 is 2.20 bits per heavy atom. The molecule has 1 aromatic heterocycles. The monoisotopic (exact) mass is 314 g/mol. The molecular weight excluding hydrogens is 300 g/mol. The average Bonchev–Trinajstić information content (AvgIpc) is 3.15. The number of aliphatic carboxylic acids is 1. The molecule has 1 aliphatic carbocycles. The van der Waals surface area contributed by atoms with Crippen molar-refractivity contribution in [3.63, 3.8) is 0 Å². The van der Waals surface area contributed by atoms with Crippen LogP contribution in [0.25, 0.3) is 0 Å². The molecule has 7 heteroatoms. The van der Waals surface area contributed by atoms with Crippen LogP contribution in [0.4, 0.5) is 0 Å². The normalized spacial score (nSPS) is 27.4. The summed E-state index contributed by atoms with van der Waals surface area (Å²) in [6, 6.07) is -0.289. The summed E-state index contributed by atoms with van der Waals surface area (Å²) in [5.41, 5.74) is 0. The second kappa shape index (κ2) is 5.33. The van der Waals surface area contributed by atoms with Crippen molar-refractivity contribution in [1.82, 2.24) is 9.88 Å². The average molecular weight is 315 g/mol. The summed E-state index contributed by atoms with van der Waals surface area (Å²) in [6.07, 6.45) is 4.99. The molecule has 2 aliphatic rings. The van der Waals surface area contributed by atoms with E-state index >= 15 is 0 Å². The van der Waals surface area contributed by atoms with Gasteiger partial charge in [0.15, 0.2) is 0 Å². The van der Waals surface area contributed by atoms with Gasteiger partial charge in [-0.3, -0.25) is 9.59 Å². The first-order valence-electron chi connectivity index (χ1n) is 6.73. The summed E-state index contributed by atoms with van der Waals surface area (Å²) in [5, 5.41) is 10.2. The first kappa shape index (κ1) is 13.8. The zero-order valence-corrected chi connectivity index (χ0v) is 12.4. The Morgan fingerprint density at radius 3 is 2.75 bits per heavy atom. The molecule has 2 unspecified atom stereocenters. The third-order valence-electron chi connectivity index (χ3n) is 3.88. The molecule has 2 fully saturated rings. The van der Waals surface area contributed by atoms with Gasteiger partial charge in [-0.1, -0.05) is 11.6 Å². The molecule has 1 amide bonds. The van der Waals surface area contributed by atoms with Crippen molar-refractivity contribution in [2.45, 2.75) is 44.2 Å². The van der Waals surface area contributed by atoms with Gasteiger partial charge in [-0.25, -0.2) is 4.98 Å². The molecule has 1 saturated carbocycles. The van der Waals surface area contributed by atoms with E-state index in [2.05, 4.69) is 4.98 Å². The molecule has 1 saturated heterocycles. The van der Waals surface area contributed by atoms with Gasteiger partial charge in [0.2, 0.25) is 5.91 Å². The van der Waals surface area contributed by atoms with Crippen molar-refractivity contribution < 1.29 is 14.7 Å². The van der Waals surface area contributed by atoms with Crippen molar-refractivity contribution in [2.24, 2.45) is 5.92 Å². The van der Waals surface area contributed by atoms with Crippen LogP contribution in [0.3, 0.4) is 0 Å². The Kier molecular flexibility index (Phi) is 3.69. The van der Waals surface area contributed by atoms with Crippen molar-refractivity contribution in [1.29, 1.82) is 0 Å². The van der Waals surface area contributed by atoms with Crippen LogP contribution in [-0.2, 0) is 9.59 Å². The molecule has 2 heterocycles. The standard InChI is InChI=1S/C13H15ClN2O3S/c14-9-6-15-12(20-9)11-8(13(18)19)2-1-3-10(17)16(11)7-4-5-7/h6-8,11H,1-5H2,(H,18,19). The van der Waals surface area contributed by atoms with E-state index in [-0.39, 0.29) is 11.9 Å². The summed E-state index contributed by atoms with van der Waals surface area (Å²) in [4.78, 5) is 29.9. The number of halogens is 1. The van der Waals surface area contributed by atoms with Crippen LogP contribution >= 0.6 is 22.9 Å². The predicted molar refractivity (Wildman–Crippen MR) is 74.7 cm³/mol. The SMILES string of the molecule is O=C(O)C1CCCC(=O)N(C2CC2)C1c1ncc(Cl)s1. The Hall–Kier alpha value is -1.14. The fourth-order valence-electron chi connectivity index (χ4n) is 2.85. The van der Waals surface area contributed by atoms with E-state index in [1.165, 1.54) is 17.5 Å². The first-order chi connectivity index (χ1) is 9.58. The summed E-state index contributed by atoms with van der Waals surface area (Å²) < 4.78 is 0.525. The van der Waals surface area contributed by atoms with Crippen LogP contribution in [0.5, 0.6) is 0 Å². The fourth-order valence-corrected chi connectivity index (χ4v) is 3.94. The second-order valence-corrected chi connectivity index (χ2v) is 7.01. The van der Waals surface area contributed by atoms with Gasteiger partial charge in [-0.05, 0) is 25.7 Å². The topological polar surface area (TPSA) is 70.5 Å². The van der Waals surface area contributed by atoms with Crippen LogP contribution in [0.1, 0.15) is 43.2 Å². The van der Waals surface area contributed by atoms with Gasteiger partial charge in [0.1, 0.15) is 9.34 Å². The highest BCUT2D eigenvalue weighted by molar-refractivity contribution is 7.15. The highest BCUT2D eigenvalue weighted by Crippen LogP contribution is 2.44. The maximum Gasteiger partial charge on any atom is 0.309 e. The van der Waals surface area contributed by atoms with E-state index in [4.69, 9.17) is 11.6 Å². The van der Waals surface area contributed by atoms with Crippen molar-refractivity contribution in [3.8, 4) is 0 Å². The third-order valence-corrected chi connectivity index (χ3v) is 5.07. The molecule has 2 atom stereocenters. The van der Waals surface area contributed by atoms with Crippen molar-refractivity contribution in [2.75, 3.05) is 0 Å². The van der Waals surface area contributed by atoms with Crippen molar-refractivity contribution in [3.05, 3.63) is 15.5 Å². The van der Waals surface area contributed by atoms with E-state index < -0.39 is 17.9 Å².